The van der Waals surface area contributed by atoms with E-state index in [0.717, 1.165) is 19.5 Å². The van der Waals surface area contributed by atoms with Gasteiger partial charge in [-0.15, -0.1) is 0 Å². The normalized spacial score (nSPS) is 20.5. The Morgan fingerprint density at radius 3 is 2.67 bits per heavy atom. The minimum absolute atomic E-state index is 0.0824. The standard InChI is InChI=1S/C11H22N2O2/c1-3-10(4-5-14)13-11(15)8(2)9-6-12-7-9/h8-10,12,14H,3-7H2,1-2H3,(H,13,15). The van der Waals surface area contributed by atoms with Crippen LogP contribution in [0.3, 0.4) is 0 Å². The third-order valence-corrected chi connectivity index (χ3v) is 3.25. The van der Waals surface area contributed by atoms with Crippen LogP contribution in [0.5, 0.6) is 0 Å². The predicted molar refractivity (Wildman–Crippen MR) is 59.4 cm³/mol. The highest BCUT2D eigenvalue weighted by atomic mass is 16.3. The fourth-order valence-corrected chi connectivity index (χ4v) is 1.75. The molecular weight excluding hydrogens is 192 g/mol. The maximum atomic E-state index is 11.8. The Labute approximate surface area is 91.4 Å². The van der Waals surface area contributed by atoms with E-state index in [4.69, 9.17) is 5.11 Å². The monoisotopic (exact) mass is 214 g/mol. The lowest BCUT2D eigenvalue weighted by Gasteiger charge is -2.32. The first-order valence-corrected chi connectivity index (χ1v) is 5.81. The second-order valence-electron chi connectivity index (χ2n) is 4.33. The molecule has 0 aromatic heterocycles. The van der Waals surface area contributed by atoms with E-state index < -0.39 is 0 Å². The topological polar surface area (TPSA) is 61.4 Å². The number of amides is 1. The van der Waals surface area contributed by atoms with Crippen molar-refractivity contribution in [1.82, 2.24) is 10.6 Å². The molecule has 0 bridgehead atoms. The van der Waals surface area contributed by atoms with Crippen molar-refractivity contribution in [2.75, 3.05) is 19.7 Å². The SMILES string of the molecule is CCC(CCO)NC(=O)C(C)C1CNC1. The van der Waals surface area contributed by atoms with Crippen LogP contribution in [0.15, 0.2) is 0 Å². The van der Waals surface area contributed by atoms with Crippen LogP contribution in [0, 0.1) is 11.8 Å². The molecule has 15 heavy (non-hydrogen) atoms. The first kappa shape index (κ1) is 12.5. The lowest BCUT2D eigenvalue weighted by atomic mass is 9.88. The van der Waals surface area contributed by atoms with Crippen LogP contribution in [0.1, 0.15) is 26.7 Å². The molecule has 0 aromatic carbocycles. The first-order chi connectivity index (χ1) is 7.19. The van der Waals surface area contributed by atoms with Crippen molar-refractivity contribution < 1.29 is 9.90 Å². The summed E-state index contributed by atoms with van der Waals surface area (Å²) in [6.45, 7) is 6.04. The second-order valence-corrected chi connectivity index (χ2v) is 4.33. The molecule has 4 heteroatoms. The van der Waals surface area contributed by atoms with Crippen LogP contribution in [0.4, 0.5) is 0 Å². The number of carbonyl (C=O) groups is 1. The highest BCUT2D eigenvalue weighted by molar-refractivity contribution is 5.79. The molecule has 4 nitrogen and oxygen atoms in total. The summed E-state index contributed by atoms with van der Waals surface area (Å²) in [5, 5.41) is 15.0. The Kier molecular flexibility index (Phi) is 5.05. The van der Waals surface area contributed by atoms with E-state index in [1.807, 2.05) is 13.8 Å². The highest BCUT2D eigenvalue weighted by Gasteiger charge is 2.29. The number of aliphatic hydroxyl groups excluding tert-OH is 1. The van der Waals surface area contributed by atoms with Crippen LogP contribution in [-0.4, -0.2) is 36.8 Å². The number of aliphatic hydroxyl groups is 1. The molecule has 2 unspecified atom stereocenters. The molecule has 0 spiro atoms. The molecule has 88 valence electrons. The molecule has 1 rings (SSSR count). The van der Waals surface area contributed by atoms with Gasteiger partial charge in [0, 0.05) is 18.6 Å². The van der Waals surface area contributed by atoms with Gasteiger partial charge in [-0.25, -0.2) is 0 Å². The number of hydrogen-bond acceptors (Lipinski definition) is 3. The molecule has 1 aliphatic rings. The second kappa shape index (κ2) is 6.08. The zero-order valence-corrected chi connectivity index (χ0v) is 9.62. The van der Waals surface area contributed by atoms with E-state index in [-0.39, 0.29) is 24.5 Å². The molecule has 0 saturated carbocycles. The van der Waals surface area contributed by atoms with Crippen molar-refractivity contribution in [3.8, 4) is 0 Å². The molecule has 3 N–H and O–H groups in total. The number of nitrogens with one attached hydrogen (secondary N) is 2. The Hall–Kier alpha value is -0.610. The van der Waals surface area contributed by atoms with E-state index in [0.29, 0.717) is 12.3 Å². The largest absolute Gasteiger partial charge is 0.396 e. The number of carbonyl (C=O) groups excluding carboxylic acids is 1. The van der Waals surface area contributed by atoms with Gasteiger partial charge in [0.2, 0.25) is 5.91 Å². The fraction of sp³-hybridized carbons (Fsp3) is 0.909. The third kappa shape index (κ3) is 3.47. The summed E-state index contributed by atoms with van der Waals surface area (Å²) in [6.07, 6.45) is 1.53. The van der Waals surface area contributed by atoms with Crippen molar-refractivity contribution >= 4 is 5.91 Å². The van der Waals surface area contributed by atoms with Gasteiger partial charge in [-0.1, -0.05) is 13.8 Å². The molecular formula is C11H22N2O2. The maximum absolute atomic E-state index is 11.8. The molecule has 1 saturated heterocycles. The van der Waals surface area contributed by atoms with Gasteiger partial charge in [-0.2, -0.15) is 0 Å². The Morgan fingerprint density at radius 1 is 1.60 bits per heavy atom. The van der Waals surface area contributed by atoms with Crippen LogP contribution in [-0.2, 0) is 4.79 Å². The molecule has 1 heterocycles. The van der Waals surface area contributed by atoms with Gasteiger partial charge in [-0.05, 0) is 31.8 Å². The predicted octanol–water partition coefficient (Wildman–Crippen LogP) is 0.119. The van der Waals surface area contributed by atoms with Crippen molar-refractivity contribution in [3.63, 3.8) is 0 Å². The van der Waals surface area contributed by atoms with Gasteiger partial charge in [0.05, 0.1) is 0 Å². The average molecular weight is 214 g/mol. The summed E-state index contributed by atoms with van der Waals surface area (Å²) in [4.78, 5) is 11.8. The number of rotatable bonds is 6. The smallest absolute Gasteiger partial charge is 0.223 e. The summed E-state index contributed by atoms with van der Waals surface area (Å²) in [5.74, 6) is 0.692. The van der Waals surface area contributed by atoms with Crippen LogP contribution < -0.4 is 10.6 Å². The van der Waals surface area contributed by atoms with Crippen LogP contribution in [0.25, 0.3) is 0 Å². The quantitative estimate of drug-likeness (QED) is 0.588. The minimum atomic E-state index is 0.0824. The molecule has 2 atom stereocenters. The van der Waals surface area contributed by atoms with Gasteiger partial charge in [0.15, 0.2) is 0 Å². The van der Waals surface area contributed by atoms with Crippen molar-refractivity contribution in [1.29, 1.82) is 0 Å². The van der Waals surface area contributed by atoms with E-state index in [9.17, 15) is 4.79 Å². The van der Waals surface area contributed by atoms with E-state index >= 15 is 0 Å². The molecule has 0 aliphatic carbocycles. The van der Waals surface area contributed by atoms with Gasteiger partial charge in [0.1, 0.15) is 0 Å². The van der Waals surface area contributed by atoms with Gasteiger partial charge in [-0.3, -0.25) is 4.79 Å². The van der Waals surface area contributed by atoms with Gasteiger partial charge >= 0.3 is 0 Å². The van der Waals surface area contributed by atoms with Gasteiger partial charge in [0.25, 0.3) is 0 Å². The summed E-state index contributed by atoms with van der Waals surface area (Å²) in [5.41, 5.74) is 0. The van der Waals surface area contributed by atoms with Crippen LogP contribution in [0.2, 0.25) is 0 Å². The molecule has 0 aromatic rings. The zero-order chi connectivity index (χ0) is 11.3. The van der Waals surface area contributed by atoms with Crippen molar-refractivity contribution in [2.45, 2.75) is 32.7 Å². The van der Waals surface area contributed by atoms with Crippen molar-refractivity contribution in [2.24, 2.45) is 11.8 Å². The fourth-order valence-electron chi connectivity index (χ4n) is 1.75. The van der Waals surface area contributed by atoms with E-state index in [1.165, 1.54) is 0 Å². The van der Waals surface area contributed by atoms with E-state index in [1.54, 1.807) is 0 Å². The minimum Gasteiger partial charge on any atom is -0.396 e. The lowest BCUT2D eigenvalue weighted by Crippen LogP contribution is -2.51. The van der Waals surface area contributed by atoms with Gasteiger partial charge < -0.3 is 15.7 Å². The summed E-state index contributed by atoms with van der Waals surface area (Å²) >= 11 is 0. The first-order valence-electron chi connectivity index (χ1n) is 5.81. The highest BCUT2D eigenvalue weighted by Crippen LogP contribution is 2.16. The average Bonchev–Trinajstić information content (AvgIpc) is 2.14. The van der Waals surface area contributed by atoms with Crippen LogP contribution >= 0.6 is 0 Å². The molecule has 1 aliphatic heterocycles. The summed E-state index contributed by atoms with van der Waals surface area (Å²) in [7, 11) is 0. The number of hydrogen-bond donors (Lipinski definition) is 3. The lowest BCUT2D eigenvalue weighted by molar-refractivity contribution is -0.127. The Morgan fingerprint density at radius 2 is 2.27 bits per heavy atom. The maximum Gasteiger partial charge on any atom is 0.223 e. The molecule has 0 radical (unpaired) electrons. The Bertz CT molecular complexity index is 205. The summed E-state index contributed by atoms with van der Waals surface area (Å²) in [6, 6.07) is 0.123. The van der Waals surface area contributed by atoms with E-state index in [2.05, 4.69) is 10.6 Å². The third-order valence-electron chi connectivity index (χ3n) is 3.25. The zero-order valence-electron chi connectivity index (χ0n) is 9.62. The van der Waals surface area contributed by atoms with Crippen molar-refractivity contribution in [3.05, 3.63) is 0 Å². The Balaban J connectivity index is 2.31. The molecule has 1 fully saturated rings. The summed E-state index contributed by atoms with van der Waals surface area (Å²) < 4.78 is 0. The molecule has 1 amide bonds.